The molecule has 1 aromatic heterocycles. The maximum Gasteiger partial charge on any atom is 0.128 e. The summed E-state index contributed by atoms with van der Waals surface area (Å²) in [6.07, 6.45) is 4.21. The summed E-state index contributed by atoms with van der Waals surface area (Å²) in [4.78, 5) is 0. The average molecular weight is 295 g/mol. The summed E-state index contributed by atoms with van der Waals surface area (Å²) in [5.74, 6) is 0.428. The van der Waals surface area contributed by atoms with Crippen LogP contribution in [0.4, 0.5) is 5.69 Å². The van der Waals surface area contributed by atoms with E-state index in [0.717, 1.165) is 42.6 Å². The Labute approximate surface area is 130 Å². The lowest BCUT2D eigenvalue weighted by atomic mass is 9.82. The number of benzene rings is 1. The molecule has 0 fully saturated rings. The average Bonchev–Trinajstić information content (AvgIpc) is 2.88. The first-order valence-electron chi connectivity index (χ1n) is 7.77. The molecular formula is C17H21N5. The maximum atomic E-state index is 9.06. The number of nitrogens with two attached hydrogens (primary N) is 2. The fourth-order valence-corrected chi connectivity index (χ4v) is 3.45. The molecule has 1 aromatic carbocycles. The largest absolute Gasteiger partial charge is 0.399 e. The van der Waals surface area contributed by atoms with Crippen LogP contribution in [-0.2, 0) is 13.0 Å². The van der Waals surface area contributed by atoms with Gasteiger partial charge in [-0.3, -0.25) is 4.68 Å². The van der Waals surface area contributed by atoms with E-state index < -0.39 is 0 Å². The molecule has 0 saturated heterocycles. The minimum atomic E-state index is 0.292. The zero-order valence-electron chi connectivity index (χ0n) is 12.6. The van der Waals surface area contributed by atoms with E-state index in [0.29, 0.717) is 19.0 Å². The Morgan fingerprint density at radius 2 is 2.27 bits per heavy atom. The highest BCUT2D eigenvalue weighted by atomic mass is 15.3. The van der Waals surface area contributed by atoms with E-state index in [1.54, 1.807) is 0 Å². The lowest BCUT2D eigenvalue weighted by Gasteiger charge is -2.23. The number of hydrogen-bond donors (Lipinski definition) is 2. The van der Waals surface area contributed by atoms with Crippen LogP contribution in [0.3, 0.4) is 0 Å². The first kappa shape index (κ1) is 14.6. The zero-order chi connectivity index (χ0) is 15.5. The van der Waals surface area contributed by atoms with Crippen LogP contribution < -0.4 is 11.5 Å². The second-order valence-corrected chi connectivity index (χ2v) is 5.82. The van der Waals surface area contributed by atoms with Crippen molar-refractivity contribution in [2.45, 2.75) is 38.1 Å². The highest BCUT2D eigenvalue weighted by Gasteiger charge is 2.28. The van der Waals surface area contributed by atoms with Crippen LogP contribution in [0.1, 0.15) is 36.4 Å². The van der Waals surface area contributed by atoms with Gasteiger partial charge in [0.15, 0.2) is 0 Å². The van der Waals surface area contributed by atoms with Crippen LogP contribution in [-0.4, -0.2) is 16.3 Å². The second-order valence-electron chi connectivity index (χ2n) is 5.82. The molecule has 5 heteroatoms. The molecule has 0 radical (unpaired) electrons. The van der Waals surface area contributed by atoms with Gasteiger partial charge in [-0.05, 0) is 50.3 Å². The van der Waals surface area contributed by atoms with Crippen LogP contribution in [0.25, 0.3) is 11.3 Å². The van der Waals surface area contributed by atoms with Crippen molar-refractivity contribution in [1.82, 2.24) is 9.78 Å². The first-order valence-corrected chi connectivity index (χ1v) is 7.77. The van der Waals surface area contributed by atoms with Crippen LogP contribution >= 0.6 is 0 Å². The van der Waals surface area contributed by atoms with E-state index in [1.165, 1.54) is 11.3 Å². The minimum Gasteiger partial charge on any atom is -0.399 e. The van der Waals surface area contributed by atoms with E-state index in [-0.39, 0.29) is 0 Å². The van der Waals surface area contributed by atoms with Crippen LogP contribution in [0.5, 0.6) is 0 Å². The summed E-state index contributed by atoms with van der Waals surface area (Å²) in [6.45, 7) is 0.962. The Morgan fingerprint density at radius 1 is 1.41 bits per heavy atom. The van der Waals surface area contributed by atoms with Crippen molar-refractivity contribution < 1.29 is 0 Å². The predicted octanol–water partition coefficient (Wildman–Crippen LogP) is 2.42. The number of hydrogen-bond acceptors (Lipinski definition) is 4. The second kappa shape index (κ2) is 6.20. The minimum absolute atomic E-state index is 0.292. The van der Waals surface area contributed by atoms with Crippen molar-refractivity contribution in [3.8, 4) is 17.3 Å². The molecule has 0 amide bonds. The molecule has 4 N–H and O–H groups in total. The Balaban J connectivity index is 2.15. The standard InChI is InChI=1S/C17H21N5/c18-8-7-12-3-2-6-15-16(12)17(21-22(15)10-9-19)13-4-1-5-14(20)11-13/h1,4-5,11-12H,2-3,6-8,10,18,20H2. The number of nitrogens with zero attached hydrogens (tertiary/aromatic N) is 3. The molecule has 2 aromatic rings. The molecule has 1 unspecified atom stereocenters. The monoisotopic (exact) mass is 295 g/mol. The smallest absolute Gasteiger partial charge is 0.128 e. The van der Waals surface area contributed by atoms with Gasteiger partial charge in [0.1, 0.15) is 6.54 Å². The lowest BCUT2D eigenvalue weighted by Crippen LogP contribution is -2.15. The number of aromatic nitrogens is 2. The van der Waals surface area contributed by atoms with Crippen molar-refractivity contribution in [3.63, 3.8) is 0 Å². The molecule has 3 rings (SSSR count). The van der Waals surface area contributed by atoms with E-state index >= 15 is 0 Å². The SMILES string of the molecule is N#CCn1nc(-c2cccc(N)c2)c2c1CCCC2CCN. The van der Waals surface area contributed by atoms with E-state index in [4.69, 9.17) is 21.8 Å². The van der Waals surface area contributed by atoms with Crippen molar-refractivity contribution in [1.29, 1.82) is 5.26 Å². The summed E-state index contributed by atoms with van der Waals surface area (Å²) in [7, 11) is 0. The molecule has 0 aliphatic heterocycles. The number of nitriles is 1. The predicted molar refractivity (Wildman–Crippen MR) is 87.0 cm³/mol. The molecule has 5 nitrogen and oxygen atoms in total. The van der Waals surface area contributed by atoms with Gasteiger partial charge in [0.05, 0.1) is 11.8 Å². The van der Waals surface area contributed by atoms with Crippen molar-refractivity contribution >= 4 is 5.69 Å². The van der Waals surface area contributed by atoms with Gasteiger partial charge in [0.25, 0.3) is 0 Å². The van der Waals surface area contributed by atoms with Crippen molar-refractivity contribution in [2.24, 2.45) is 5.73 Å². The molecule has 0 spiro atoms. The number of nitrogen functional groups attached to an aromatic ring is 1. The molecule has 0 bridgehead atoms. The van der Waals surface area contributed by atoms with Crippen LogP contribution in [0.15, 0.2) is 24.3 Å². The fourth-order valence-electron chi connectivity index (χ4n) is 3.45. The third kappa shape index (κ3) is 2.58. The van der Waals surface area contributed by atoms with Crippen LogP contribution in [0.2, 0.25) is 0 Å². The van der Waals surface area contributed by atoms with Gasteiger partial charge in [0.2, 0.25) is 0 Å². The quantitative estimate of drug-likeness (QED) is 0.847. The fraction of sp³-hybridized carbons (Fsp3) is 0.412. The highest BCUT2D eigenvalue weighted by Crippen LogP contribution is 2.40. The van der Waals surface area contributed by atoms with Gasteiger partial charge >= 0.3 is 0 Å². The van der Waals surface area contributed by atoms with Gasteiger partial charge < -0.3 is 11.5 Å². The summed E-state index contributed by atoms with van der Waals surface area (Å²) < 4.78 is 1.86. The van der Waals surface area contributed by atoms with Crippen LogP contribution in [0, 0.1) is 11.3 Å². The number of rotatable bonds is 4. The zero-order valence-corrected chi connectivity index (χ0v) is 12.6. The number of anilines is 1. The summed E-state index contributed by atoms with van der Waals surface area (Å²) in [5.41, 5.74) is 16.9. The molecule has 1 aliphatic carbocycles. The molecule has 1 heterocycles. The molecule has 22 heavy (non-hydrogen) atoms. The maximum absolute atomic E-state index is 9.06. The van der Waals surface area contributed by atoms with E-state index in [1.807, 2.05) is 28.9 Å². The number of fused-ring (bicyclic) bond motifs is 1. The Morgan fingerprint density at radius 3 is 3.00 bits per heavy atom. The van der Waals surface area contributed by atoms with Gasteiger partial charge in [0, 0.05) is 22.5 Å². The van der Waals surface area contributed by atoms with Gasteiger partial charge in [-0.15, -0.1) is 0 Å². The Bertz CT molecular complexity index is 710. The molecule has 114 valence electrons. The van der Waals surface area contributed by atoms with Gasteiger partial charge in [-0.25, -0.2) is 0 Å². The van der Waals surface area contributed by atoms with Gasteiger partial charge in [-0.1, -0.05) is 12.1 Å². The van der Waals surface area contributed by atoms with E-state index in [2.05, 4.69) is 6.07 Å². The molecule has 0 saturated carbocycles. The summed E-state index contributed by atoms with van der Waals surface area (Å²) in [5, 5.41) is 13.8. The molecular weight excluding hydrogens is 274 g/mol. The van der Waals surface area contributed by atoms with Crippen molar-refractivity contribution in [2.75, 3.05) is 12.3 Å². The molecule has 1 aliphatic rings. The topological polar surface area (TPSA) is 93.6 Å². The van der Waals surface area contributed by atoms with E-state index in [9.17, 15) is 0 Å². The molecule has 1 atom stereocenters. The third-order valence-electron chi connectivity index (χ3n) is 4.37. The van der Waals surface area contributed by atoms with Gasteiger partial charge in [-0.2, -0.15) is 10.4 Å². The first-order chi connectivity index (χ1) is 10.7. The van der Waals surface area contributed by atoms with Crippen molar-refractivity contribution in [3.05, 3.63) is 35.5 Å². The normalized spacial score (nSPS) is 17.0. The lowest BCUT2D eigenvalue weighted by molar-refractivity contribution is 0.508. The Hall–Kier alpha value is -2.32. The third-order valence-corrected chi connectivity index (χ3v) is 4.37. The summed E-state index contributed by atoms with van der Waals surface area (Å²) in [6, 6.07) is 10.0. The summed E-state index contributed by atoms with van der Waals surface area (Å²) >= 11 is 0. The highest BCUT2D eigenvalue weighted by molar-refractivity contribution is 5.68. The Kier molecular flexibility index (Phi) is 4.12.